The molecule has 0 aliphatic carbocycles. The fraction of sp³-hybridized carbons (Fsp3) is 0.278. The lowest BCUT2D eigenvalue weighted by molar-refractivity contribution is -0.129. The molecule has 0 aromatic heterocycles. The zero-order valence-corrected chi connectivity index (χ0v) is 14.9. The van der Waals surface area contributed by atoms with Gasteiger partial charge in [0.05, 0.1) is 16.6 Å². The maximum absolute atomic E-state index is 12.9. The van der Waals surface area contributed by atoms with E-state index in [2.05, 4.69) is 0 Å². The number of hydrogen-bond acceptors (Lipinski definition) is 3. The van der Waals surface area contributed by atoms with Gasteiger partial charge in [-0.2, -0.15) is 0 Å². The molecule has 1 fully saturated rings. The molecule has 0 bridgehead atoms. The van der Waals surface area contributed by atoms with E-state index in [0.29, 0.717) is 23.6 Å². The van der Waals surface area contributed by atoms with Crippen molar-refractivity contribution in [2.45, 2.75) is 23.0 Å². The summed E-state index contributed by atoms with van der Waals surface area (Å²) in [4.78, 5) is 14.1. The first-order valence-corrected chi connectivity index (χ1v) is 9.80. The van der Waals surface area contributed by atoms with Crippen molar-refractivity contribution in [1.29, 1.82) is 0 Å². The first kappa shape index (κ1) is 17.9. The molecule has 2 aromatic carbocycles. The quantitative estimate of drug-likeness (QED) is 0.817. The van der Waals surface area contributed by atoms with Crippen molar-refractivity contribution in [3.8, 4) is 0 Å². The Morgan fingerprint density at radius 3 is 2.40 bits per heavy atom. The molecule has 1 saturated heterocycles. The van der Waals surface area contributed by atoms with E-state index in [1.54, 1.807) is 29.2 Å². The van der Waals surface area contributed by atoms with Crippen molar-refractivity contribution in [2.24, 2.45) is 0 Å². The van der Waals surface area contributed by atoms with Gasteiger partial charge in [-0.25, -0.2) is 12.8 Å². The van der Waals surface area contributed by atoms with Crippen LogP contribution in [0.1, 0.15) is 12.0 Å². The second-order valence-corrected chi connectivity index (χ2v) is 8.72. The van der Waals surface area contributed by atoms with Crippen LogP contribution in [0.15, 0.2) is 53.4 Å². The monoisotopic (exact) mass is 381 g/mol. The number of carbonyl (C=O) groups excluding carboxylic acids is 1. The number of amides is 1. The van der Waals surface area contributed by atoms with Gasteiger partial charge in [-0.05, 0) is 48.4 Å². The topological polar surface area (TPSA) is 54.5 Å². The Kier molecular flexibility index (Phi) is 5.11. The van der Waals surface area contributed by atoms with Gasteiger partial charge in [0.2, 0.25) is 5.91 Å². The van der Waals surface area contributed by atoms with Crippen molar-refractivity contribution < 1.29 is 17.6 Å². The zero-order chi connectivity index (χ0) is 18.0. The second-order valence-electron chi connectivity index (χ2n) is 6.05. The van der Waals surface area contributed by atoms with Gasteiger partial charge in [-0.15, -0.1) is 0 Å². The number of benzene rings is 2. The molecule has 7 heteroatoms. The summed E-state index contributed by atoms with van der Waals surface area (Å²) >= 11 is 5.80. The van der Waals surface area contributed by atoms with Gasteiger partial charge >= 0.3 is 0 Å². The van der Waals surface area contributed by atoms with Gasteiger partial charge in [0.1, 0.15) is 5.82 Å². The van der Waals surface area contributed by atoms with Crippen LogP contribution in [0.3, 0.4) is 0 Å². The van der Waals surface area contributed by atoms with Crippen LogP contribution in [-0.2, 0) is 21.1 Å². The molecule has 4 nitrogen and oxygen atoms in total. The third kappa shape index (κ3) is 4.02. The maximum atomic E-state index is 12.9. The van der Waals surface area contributed by atoms with Gasteiger partial charge in [-0.3, -0.25) is 4.79 Å². The minimum Gasteiger partial charge on any atom is -0.341 e. The van der Waals surface area contributed by atoms with Crippen molar-refractivity contribution in [3.63, 3.8) is 0 Å². The fourth-order valence-electron chi connectivity index (χ4n) is 2.91. The Morgan fingerprint density at radius 2 is 1.76 bits per heavy atom. The summed E-state index contributed by atoms with van der Waals surface area (Å²) in [5.74, 6) is -0.507. The number of sulfone groups is 1. The van der Waals surface area contributed by atoms with Crippen LogP contribution < -0.4 is 0 Å². The second kappa shape index (κ2) is 7.14. The summed E-state index contributed by atoms with van der Waals surface area (Å²) in [7, 11) is -3.50. The van der Waals surface area contributed by atoms with Crippen molar-refractivity contribution in [1.82, 2.24) is 4.90 Å². The van der Waals surface area contributed by atoms with E-state index in [0.717, 1.165) is 0 Å². The predicted molar refractivity (Wildman–Crippen MR) is 93.7 cm³/mol. The molecule has 1 aliphatic rings. The molecular formula is C18H17ClFNO3S. The summed E-state index contributed by atoms with van der Waals surface area (Å²) in [5, 5.41) is -0.146. The minimum absolute atomic E-state index is 0.133. The van der Waals surface area contributed by atoms with Crippen LogP contribution in [0.25, 0.3) is 0 Å². The van der Waals surface area contributed by atoms with Crippen molar-refractivity contribution in [3.05, 3.63) is 64.9 Å². The number of nitrogens with zero attached hydrogens (tertiary/aromatic N) is 1. The molecule has 1 amide bonds. The lowest BCUT2D eigenvalue weighted by Gasteiger charge is -2.17. The molecule has 1 heterocycles. The average Bonchev–Trinajstić information content (AvgIpc) is 3.08. The van der Waals surface area contributed by atoms with Gasteiger partial charge in [-0.1, -0.05) is 23.7 Å². The van der Waals surface area contributed by atoms with E-state index in [9.17, 15) is 17.6 Å². The highest BCUT2D eigenvalue weighted by Gasteiger charge is 2.35. The predicted octanol–water partition coefficient (Wildman–Crippen LogP) is 3.10. The van der Waals surface area contributed by atoms with Gasteiger partial charge in [0.25, 0.3) is 0 Å². The maximum Gasteiger partial charge on any atom is 0.227 e. The van der Waals surface area contributed by atoms with Crippen LogP contribution in [0, 0.1) is 5.82 Å². The SMILES string of the molecule is O=C(Cc1ccc(F)cc1)N1CCC(S(=O)(=O)c2ccc(Cl)cc2)C1. The Morgan fingerprint density at radius 1 is 1.12 bits per heavy atom. The first-order chi connectivity index (χ1) is 11.9. The molecule has 1 unspecified atom stereocenters. The summed E-state index contributed by atoms with van der Waals surface area (Å²) in [5.41, 5.74) is 0.704. The standard InChI is InChI=1S/C18H17ClFNO3S/c19-14-3-7-16(8-4-14)25(23,24)17-9-10-21(12-17)18(22)11-13-1-5-15(20)6-2-13/h1-8,17H,9-12H2. The Bertz CT molecular complexity index is 866. The molecule has 25 heavy (non-hydrogen) atoms. The molecule has 2 aromatic rings. The van der Waals surface area contributed by atoms with Gasteiger partial charge in [0, 0.05) is 18.1 Å². The summed E-state index contributed by atoms with van der Waals surface area (Å²) in [6.45, 7) is 0.572. The molecule has 132 valence electrons. The zero-order valence-electron chi connectivity index (χ0n) is 13.4. The van der Waals surface area contributed by atoms with Crippen LogP contribution in [0.2, 0.25) is 5.02 Å². The number of rotatable bonds is 4. The van der Waals surface area contributed by atoms with Crippen molar-refractivity contribution in [2.75, 3.05) is 13.1 Å². The number of likely N-dealkylation sites (tertiary alicyclic amines) is 1. The molecule has 0 N–H and O–H groups in total. The smallest absolute Gasteiger partial charge is 0.227 e. The molecule has 0 radical (unpaired) electrons. The van der Waals surface area contributed by atoms with E-state index in [1.165, 1.54) is 24.3 Å². The third-order valence-electron chi connectivity index (χ3n) is 4.35. The van der Waals surface area contributed by atoms with E-state index in [1.807, 2.05) is 0 Å². The third-order valence-corrected chi connectivity index (χ3v) is 6.79. The Labute approximate surface area is 151 Å². The molecule has 0 spiro atoms. The average molecular weight is 382 g/mol. The number of hydrogen-bond donors (Lipinski definition) is 0. The minimum atomic E-state index is -3.50. The largest absolute Gasteiger partial charge is 0.341 e. The molecular weight excluding hydrogens is 365 g/mol. The summed E-state index contributed by atoms with van der Waals surface area (Å²) in [6.07, 6.45) is 0.536. The number of halogens is 2. The lowest BCUT2D eigenvalue weighted by atomic mass is 10.1. The van der Waals surface area contributed by atoms with E-state index >= 15 is 0 Å². The van der Waals surface area contributed by atoms with Crippen LogP contribution >= 0.6 is 11.6 Å². The fourth-order valence-corrected chi connectivity index (χ4v) is 4.73. The number of carbonyl (C=O) groups is 1. The Hall–Kier alpha value is -1.92. The molecule has 3 rings (SSSR count). The molecule has 1 aliphatic heterocycles. The highest BCUT2D eigenvalue weighted by atomic mass is 35.5. The molecule has 0 saturated carbocycles. The lowest BCUT2D eigenvalue weighted by Crippen LogP contribution is -2.32. The summed E-state index contributed by atoms with van der Waals surface area (Å²) < 4.78 is 38.3. The van der Waals surface area contributed by atoms with E-state index < -0.39 is 15.1 Å². The summed E-state index contributed by atoms with van der Waals surface area (Å²) in [6, 6.07) is 11.8. The highest BCUT2D eigenvalue weighted by Crippen LogP contribution is 2.25. The van der Waals surface area contributed by atoms with Gasteiger partial charge in [0.15, 0.2) is 9.84 Å². The van der Waals surface area contributed by atoms with Crippen LogP contribution in [0.4, 0.5) is 4.39 Å². The molecule has 1 atom stereocenters. The van der Waals surface area contributed by atoms with Crippen molar-refractivity contribution >= 4 is 27.3 Å². The Balaban J connectivity index is 1.67. The highest BCUT2D eigenvalue weighted by molar-refractivity contribution is 7.92. The van der Waals surface area contributed by atoms with E-state index in [-0.39, 0.29) is 29.6 Å². The normalized spacial score (nSPS) is 17.7. The van der Waals surface area contributed by atoms with Crippen LogP contribution in [-0.4, -0.2) is 37.6 Å². The van der Waals surface area contributed by atoms with Gasteiger partial charge < -0.3 is 4.90 Å². The van der Waals surface area contributed by atoms with Crippen LogP contribution in [0.5, 0.6) is 0 Å². The van der Waals surface area contributed by atoms with E-state index in [4.69, 9.17) is 11.6 Å². The first-order valence-electron chi connectivity index (χ1n) is 7.88.